The first-order valence-electron chi connectivity index (χ1n) is 10.5. The Kier molecular flexibility index (Phi) is 5.47. The van der Waals surface area contributed by atoms with E-state index in [9.17, 15) is 9.59 Å². The van der Waals surface area contributed by atoms with Crippen molar-refractivity contribution in [1.29, 1.82) is 0 Å². The number of carbonyl (C=O) groups excluding carboxylic acids is 2. The van der Waals surface area contributed by atoms with E-state index in [1.165, 1.54) is 31.2 Å². The van der Waals surface area contributed by atoms with Crippen molar-refractivity contribution in [2.24, 2.45) is 0 Å². The first-order chi connectivity index (χ1) is 13.6. The molecule has 4 rings (SSSR count). The predicted molar refractivity (Wildman–Crippen MR) is 112 cm³/mol. The standard InChI is InChI=1S/C24H28N2O2/c1-17-15-18-9-6-7-14-22(18)26(17)24(28)20-11-8-10-19(16-20)23(27)25-21-12-4-2-3-5-13-21/h6-11,14,16-17,21H,2-5,12-13,15H2,1H3,(H,25,27). The van der Waals surface area contributed by atoms with Crippen LogP contribution in [-0.4, -0.2) is 23.9 Å². The van der Waals surface area contributed by atoms with Crippen LogP contribution >= 0.6 is 0 Å². The molecule has 0 radical (unpaired) electrons. The molecular weight excluding hydrogens is 348 g/mol. The summed E-state index contributed by atoms with van der Waals surface area (Å²) in [6, 6.07) is 15.6. The summed E-state index contributed by atoms with van der Waals surface area (Å²) in [5, 5.41) is 3.17. The van der Waals surface area contributed by atoms with E-state index in [1.807, 2.05) is 29.2 Å². The third-order valence-corrected chi connectivity index (χ3v) is 5.99. The molecule has 0 saturated heterocycles. The SMILES string of the molecule is CC1Cc2ccccc2N1C(=O)c1cccc(C(=O)NC2CCCCCC2)c1. The fourth-order valence-corrected chi connectivity index (χ4v) is 4.50. The van der Waals surface area contributed by atoms with E-state index in [0.29, 0.717) is 11.1 Å². The average molecular weight is 377 g/mol. The summed E-state index contributed by atoms with van der Waals surface area (Å²) in [7, 11) is 0. The smallest absolute Gasteiger partial charge is 0.258 e. The summed E-state index contributed by atoms with van der Waals surface area (Å²) in [6.07, 6.45) is 7.83. The molecule has 2 amide bonds. The number of anilines is 1. The van der Waals surface area contributed by atoms with Crippen LogP contribution in [0, 0.1) is 0 Å². The van der Waals surface area contributed by atoms with Crippen LogP contribution in [0.25, 0.3) is 0 Å². The summed E-state index contributed by atoms with van der Waals surface area (Å²) in [4.78, 5) is 27.8. The van der Waals surface area contributed by atoms with Gasteiger partial charge in [0.2, 0.25) is 0 Å². The highest BCUT2D eigenvalue weighted by Crippen LogP contribution is 2.33. The Morgan fingerprint density at radius 2 is 1.64 bits per heavy atom. The van der Waals surface area contributed by atoms with Crippen molar-refractivity contribution in [2.45, 2.75) is 64.0 Å². The van der Waals surface area contributed by atoms with Crippen LogP contribution in [-0.2, 0) is 6.42 Å². The van der Waals surface area contributed by atoms with Crippen LogP contribution < -0.4 is 10.2 Å². The second kappa shape index (κ2) is 8.17. The van der Waals surface area contributed by atoms with E-state index in [-0.39, 0.29) is 23.9 Å². The quantitative estimate of drug-likeness (QED) is 0.787. The summed E-state index contributed by atoms with van der Waals surface area (Å²) in [5.41, 5.74) is 3.31. The average Bonchev–Trinajstić information content (AvgIpc) is 2.86. The summed E-state index contributed by atoms with van der Waals surface area (Å²) < 4.78 is 0. The van der Waals surface area contributed by atoms with Gasteiger partial charge in [-0.25, -0.2) is 0 Å². The number of rotatable bonds is 3. The van der Waals surface area contributed by atoms with Gasteiger partial charge in [-0.2, -0.15) is 0 Å². The lowest BCUT2D eigenvalue weighted by molar-refractivity contribution is 0.0933. The second-order valence-corrected chi connectivity index (χ2v) is 8.10. The molecule has 1 fully saturated rings. The van der Waals surface area contributed by atoms with E-state index in [2.05, 4.69) is 18.3 Å². The van der Waals surface area contributed by atoms with Gasteiger partial charge in [0.05, 0.1) is 0 Å². The molecule has 1 aliphatic carbocycles. The molecule has 1 heterocycles. The predicted octanol–water partition coefficient (Wildman–Crippen LogP) is 4.73. The van der Waals surface area contributed by atoms with Crippen LogP contribution in [0.15, 0.2) is 48.5 Å². The zero-order chi connectivity index (χ0) is 19.5. The Labute approximate surface area is 166 Å². The maximum absolute atomic E-state index is 13.2. The van der Waals surface area contributed by atoms with Crippen LogP contribution in [0.1, 0.15) is 71.7 Å². The molecule has 0 bridgehead atoms. The van der Waals surface area contributed by atoms with Crippen molar-refractivity contribution in [2.75, 3.05) is 4.90 Å². The lowest BCUT2D eigenvalue weighted by atomic mass is 10.1. The Morgan fingerprint density at radius 1 is 0.929 bits per heavy atom. The highest BCUT2D eigenvalue weighted by Gasteiger charge is 2.31. The zero-order valence-corrected chi connectivity index (χ0v) is 16.5. The zero-order valence-electron chi connectivity index (χ0n) is 16.5. The van der Waals surface area contributed by atoms with E-state index >= 15 is 0 Å². The third kappa shape index (κ3) is 3.82. The summed E-state index contributed by atoms with van der Waals surface area (Å²) in [6.45, 7) is 2.07. The largest absolute Gasteiger partial charge is 0.349 e. The molecule has 2 aromatic rings. The molecular formula is C24H28N2O2. The van der Waals surface area contributed by atoms with Crippen molar-refractivity contribution >= 4 is 17.5 Å². The first kappa shape index (κ1) is 18.7. The molecule has 2 aromatic carbocycles. The minimum Gasteiger partial charge on any atom is -0.349 e. The number of benzene rings is 2. The molecule has 28 heavy (non-hydrogen) atoms. The van der Waals surface area contributed by atoms with Crippen molar-refractivity contribution in [1.82, 2.24) is 5.32 Å². The van der Waals surface area contributed by atoms with Gasteiger partial charge < -0.3 is 10.2 Å². The monoisotopic (exact) mass is 376 g/mol. The molecule has 1 saturated carbocycles. The van der Waals surface area contributed by atoms with Gasteiger partial charge in [-0.05, 0) is 56.0 Å². The van der Waals surface area contributed by atoms with Gasteiger partial charge in [0, 0.05) is 28.9 Å². The van der Waals surface area contributed by atoms with Crippen LogP contribution in [0.5, 0.6) is 0 Å². The number of nitrogens with one attached hydrogen (secondary N) is 1. The van der Waals surface area contributed by atoms with Gasteiger partial charge in [-0.15, -0.1) is 0 Å². The van der Waals surface area contributed by atoms with Crippen molar-refractivity contribution in [3.05, 3.63) is 65.2 Å². The normalized spacial score (nSPS) is 19.8. The minimum atomic E-state index is -0.0728. The lowest BCUT2D eigenvalue weighted by Gasteiger charge is -2.23. The molecule has 1 unspecified atom stereocenters. The fourth-order valence-electron chi connectivity index (χ4n) is 4.50. The van der Waals surface area contributed by atoms with E-state index in [4.69, 9.17) is 0 Å². The van der Waals surface area contributed by atoms with Gasteiger partial charge in [0.1, 0.15) is 0 Å². The van der Waals surface area contributed by atoms with Gasteiger partial charge in [-0.3, -0.25) is 9.59 Å². The van der Waals surface area contributed by atoms with Crippen molar-refractivity contribution in [3.8, 4) is 0 Å². The molecule has 4 nitrogen and oxygen atoms in total. The second-order valence-electron chi connectivity index (χ2n) is 8.10. The minimum absolute atomic E-state index is 0.0402. The molecule has 4 heteroatoms. The van der Waals surface area contributed by atoms with Gasteiger partial charge in [0.15, 0.2) is 0 Å². The summed E-state index contributed by atoms with van der Waals surface area (Å²) >= 11 is 0. The number of nitrogens with zero attached hydrogens (tertiary/aromatic N) is 1. The Morgan fingerprint density at radius 3 is 2.43 bits per heavy atom. The molecule has 0 spiro atoms. The van der Waals surface area contributed by atoms with Crippen LogP contribution in [0.4, 0.5) is 5.69 Å². The molecule has 146 valence electrons. The molecule has 1 atom stereocenters. The van der Waals surface area contributed by atoms with Crippen LogP contribution in [0.3, 0.4) is 0 Å². The number of hydrogen-bond donors (Lipinski definition) is 1. The van der Waals surface area contributed by atoms with Crippen LogP contribution in [0.2, 0.25) is 0 Å². The van der Waals surface area contributed by atoms with Crippen molar-refractivity contribution < 1.29 is 9.59 Å². The maximum atomic E-state index is 13.2. The number of carbonyl (C=O) groups is 2. The Hall–Kier alpha value is -2.62. The van der Waals surface area contributed by atoms with E-state index < -0.39 is 0 Å². The highest BCUT2D eigenvalue weighted by atomic mass is 16.2. The van der Waals surface area contributed by atoms with Gasteiger partial charge >= 0.3 is 0 Å². The van der Waals surface area contributed by atoms with E-state index in [0.717, 1.165) is 24.9 Å². The van der Waals surface area contributed by atoms with E-state index in [1.54, 1.807) is 18.2 Å². The fraction of sp³-hybridized carbons (Fsp3) is 0.417. The number of para-hydroxylation sites is 1. The molecule has 2 aliphatic rings. The topological polar surface area (TPSA) is 49.4 Å². The highest BCUT2D eigenvalue weighted by molar-refractivity contribution is 6.09. The van der Waals surface area contributed by atoms with Gasteiger partial charge in [-0.1, -0.05) is 49.9 Å². The molecule has 0 aromatic heterocycles. The maximum Gasteiger partial charge on any atom is 0.258 e. The number of amides is 2. The number of hydrogen-bond acceptors (Lipinski definition) is 2. The van der Waals surface area contributed by atoms with Gasteiger partial charge in [0.25, 0.3) is 11.8 Å². The first-order valence-corrected chi connectivity index (χ1v) is 10.5. The molecule has 1 aliphatic heterocycles. The van der Waals surface area contributed by atoms with Crippen molar-refractivity contribution in [3.63, 3.8) is 0 Å². The lowest BCUT2D eigenvalue weighted by Crippen LogP contribution is -2.36. The number of fused-ring (bicyclic) bond motifs is 1. The Bertz CT molecular complexity index is 868. The third-order valence-electron chi connectivity index (χ3n) is 5.99. The Balaban J connectivity index is 1.52. The molecule has 1 N–H and O–H groups in total. The summed E-state index contributed by atoms with van der Waals surface area (Å²) in [5.74, 6) is -0.113.